The van der Waals surface area contributed by atoms with Gasteiger partial charge in [-0.3, -0.25) is 4.79 Å². The zero-order chi connectivity index (χ0) is 15.6. The van der Waals surface area contributed by atoms with Crippen molar-refractivity contribution in [1.29, 1.82) is 0 Å². The number of aryl methyl sites for hydroxylation is 1. The lowest BCUT2D eigenvalue weighted by atomic mass is 9.88. The Bertz CT molecular complexity index is 587. The van der Waals surface area contributed by atoms with E-state index in [2.05, 4.69) is 4.72 Å². The van der Waals surface area contributed by atoms with Crippen molar-refractivity contribution in [3.63, 3.8) is 0 Å². The van der Waals surface area contributed by atoms with Crippen LogP contribution < -0.4 is 4.72 Å². The van der Waals surface area contributed by atoms with Gasteiger partial charge in [0.2, 0.25) is 10.0 Å². The fourth-order valence-corrected chi connectivity index (χ4v) is 3.12. The van der Waals surface area contributed by atoms with Crippen molar-refractivity contribution in [3.05, 3.63) is 29.8 Å². The third kappa shape index (κ3) is 4.94. The molecule has 1 atom stereocenters. The summed E-state index contributed by atoms with van der Waals surface area (Å²) in [7, 11) is -3.83. The standard InChI is InChI=1S/C14H21NO4S/c1-10-6-5-7-11(8-10)20(18,19)15-12(13(16)17)9-14(2,3)4/h5-8,12,15H,9H2,1-4H3,(H,16,17). The van der Waals surface area contributed by atoms with E-state index in [1.54, 1.807) is 19.1 Å². The van der Waals surface area contributed by atoms with Gasteiger partial charge in [0.15, 0.2) is 0 Å². The van der Waals surface area contributed by atoms with Crippen molar-refractivity contribution in [2.24, 2.45) is 5.41 Å². The lowest BCUT2D eigenvalue weighted by Crippen LogP contribution is -2.43. The van der Waals surface area contributed by atoms with Crippen LogP contribution in [0.5, 0.6) is 0 Å². The Morgan fingerprint density at radius 3 is 2.40 bits per heavy atom. The molecule has 1 aromatic carbocycles. The molecule has 0 fully saturated rings. The average molecular weight is 299 g/mol. The first-order valence-corrected chi connectivity index (χ1v) is 7.81. The fraction of sp³-hybridized carbons (Fsp3) is 0.500. The van der Waals surface area contributed by atoms with Crippen LogP contribution in [-0.2, 0) is 14.8 Å². The zero-order valence-electron chi connectivity index (χ0n) is 12.2. The van der Waals surface area contributed by atoms with Gasteiger partial charge in [-0.2, -0.15) is 4.72 Å². The number of nitrogens with one attached hydrogen (secondary N) is 1. The highest BCUT2D eigenvalue weighted by molar-refractivity contribution is 7.89. The van der Waals surface area contributed by atoms with Crippen molar-refractivity contribution in [2.75, 3.05) is 0 Å². The Kier molecular flexibility index (Phi) is 4.94. The van der Waals surface area contributed by atoms with E-state index < -0.39 is 22.0 Å². The highest BCUT2D eigenvalue weighted by atomic mass is 32.2. The SMILES string of the molecule is Cc1cccc(S(=O)(=O)NC(CC(C)(C)C)C(=O)O)c1. The molecule has 0 aromatic heterocycles. The van der Waals surface area contributed by atoms with Gasteiger partial charge in [-0.25, -0.2) is 8.42 Å². The predicted molar refractivity (Wildman–Crippen MR) is 77.0 cm³/mol. The summed E-state index contributed by atoms with van der Waals surface area (Å²) in [6.45, 7) is 7.38. The molecular formula is C14H21NO4S. The fourth-order valence-electron chi connectivity index (χ4n) is 1.83. The first-order chi connectivity index (χ1) is 9.01. The normalized spacial score (nSPS) is 14.0. The van der Waals surface area contributed by atoms with Gasteiger partial charge in [-0.15, -0.1) is 0 Å². The molecule has 0 heterocycles. The second-order valence-corrected chi connectivity index (χ2v) is 7.81. The zero-order valence-corrected chi connectivity index (χ0v) is 13.0. The van der Waals surface area contributed by atoms with Crippen LogP contribution in [0.3, 0.4) is 0 Å². The molecule has 0 radical (unpaired) electrons. The number of sulfonamides is 1. The summed E-state index contributed by atoms with van der Waals surface area (Å²) in [6.07, 6.45) is 0.216. The Labute approximate surface area is 120 Å². The lowest BCUT2D eigenvalue weighted by molar-refractivity contribution is -0.139. The Morgan fingerprint density at radius 1 is 1.35 bits per heavy atom. The number of hydrogen-bond donors (Lipinski definition) is 2. The molecule has 5 nitrogen and oxygen atoms in total. The quantitative estimate of drug-likeness (QED) is 0.872. The summed E-state index contributed by atoms with van der Waals surface area (Å²) in [5, 5.41) is 9.17. The minimum Gasteiger partial charge on any atom is -0.480 e. The molecule has 6 heteroatoms. The molecule has 0 aliphatic rings. The van der Waals surface area contributed by atoms with Crippen LogP contribution in [-0.4, -0.2) is 25.5 Å². The number of benzene rings is 1. The molecule has 1 unspecified atom stereocenters. The molecule has 112 valence electrons. The van der Waals surface area contributed by atoms with Crippen LogP contribution in [0.1, 0.15) is 32.8 Å². The summed E-state index contributed by atoms with van der Waals surface area (Å²) >= 11 is 0. The lowest BCUT2D eigenvalue weighted by Gasteiger charge is -2.23. The van der Waals surface area contributed by atoms with E-state index in [9.17, 15) is 18.3 Å². The molecule has 0 amide bonds. The summed E-state index contributed by atoms with van der Waals surface area (Å²) < 4.78 is 26.7. The van der Waals surface area contributed by atoms with Crippen molar-refractivity contribution < 1.29 is 18.3 Å². The molecule has 0 bridgehead atoms. The van der Waals surface area contributed by atoms with Gasteiger partial charge in [0, 0.05) is 0 Å². The summed E-state index contributed by atoms with van der Waals surface area (Å²) in [4.78, 5) is 11.3. The maximum Gasteiger partial charge on any atom is 0.321 e. The van der Waals surface area contributed by atoms with Crippen LogP contribution in [0.25, 0.3) is 0 Å². The van der Waals surface area contributed by atoms with Crippen molar-refractivity contribution in [2.45, 2.75) is 45.1 Å². The molecule has 20 heavy (non-hydrogen) atoms. The van der Waals surface area contributed by atoms with Crippen LogP contribution in [0.15, 0.2) is 29.2 Å². The molecular weight excluding hydrogens is 278 g/mol. The van der Waals surface area contributed by atoms with Crippen molar-refractivity contribution in [1.82, 2.24) is 4.72 Å². The smallest absolute Gasteiger partial charge is 0.321 e. The maximum atomic E-state index is 12.2. The topological polar surface area (TPSA) is 83.5 Å². The second-order valence-electron chi connectivity index (χ2n) is 6.09. The van der Waals surface area contributed by atoms with Crippen LogP contribution in [0.2, 0.25) is 0 Å². The van der Waals surface area contributed by atoms with E-state index in [-0.39, 0.29) is 16.7 Å². The van der Waals surface area contributed by atoms with Gasteiger partial charge in [0.1, 0.15) is 6.04 Å². The molecule has 2 N–H and O–H groups in total. The highest BCUT2D eigenvalue weighted by Gasteiger charge is 2.29. The molecule has 1 aromatic rings. The summed E-state index contributed by atoms with van der Waals surface area (Å²) in [6, 6.07) is 5.23. The van der Waals surface area contributed by atoms with Crippen LogP contribution in [0.4, 0.5) is 0 Å². The molecule has 0 aliphatic heterocycles. The Balaban J connectivity index is 3.01. The summed E-state index contributed by atoms with van der Waals surface area (Å²) in [5.41, 5.74) is 0.508. The molecule has 0 saturated carbocycles. The largest absolute Gasteiger partial charge is 0.480 e. The number of aliphatic carboxylic acids is 1. The molecule has 0 spiro atoms. The van der Waals surface area contributed by atoms with Gasteiger partial charge >= 0.3 is 5.97 Å². The Morgan fingerprint density at radius 2 is 1.95 bits per heavy atom. The predicted octanol–water partition coefficient (Wildman–Crippen LogP) is 2.16. The monoisotopic (exact) mass is 299 g/mol. The summed E-state index contributed by atoms with van der Waals surface area (Å²) in [5.74, 6) is -1.17. The highest BCUT2D eigenvalue weighted by Crippen LogP contribution is 2.22. The van der Waals surface area contributed by atoms with Gasteiger partial charge in [0.25, 0.3) is 0 Å². The van der Waals surface area contributed by atoms with E-state index >= 15 is 0 Å². The third-order valence-electron chi connectivity index (χ3n) is 2.71. The maximum absolute atomic E-state index is 12.2. The van der Waals surface area contributed by atoms with E-state index in [1.165, 1.54) is 12.1 Å². The number of carboxylic acids is 1. The minimum atomic E-state index is -3.83. The first-order valence-electron chi connectivity index (χ1n) is 6.33. The Hall–Kier alpha value is -1.40. The average Bonchev–Trinajstić information content (AvgIpc) is 2.25. The number of hydrogen-bond acceptors (Lipinski definition) is 3. The number of rotatable bonds is 5. The van der Waals surface area contributed by atoms with E-state index in [4.69, 9.17) is 0 Å². The number of carboxylic acid groups (broad SMARTS) is 1. The van der Waals surface area contributed by atoms with Gasteiger partial charge in [-0.05, 0) is 36.5 Å². The second kappa shape index (κ2) is 5.93. The van der Waals surface area contributed by atoms with Gasteiger partial charge in [-0.1, -0.05) is 32.9 Å². The number of carbonyl (C=O) groups is 1. The van der Waals surface area contributed by atoms with Gasteiger partial charge < -0.3 is 5.11 Å². The van der Waals surface area contributed by atoms with Crippen molar-refractivity contribution in [3.8, 4) is 0 Å². The molecule has 1 rings (SSSR count). The molecule has 0 saturated heterocycles. The van der Waals surface area contributed by atoms with Crippen molar-refractivity contribution >= 4 is 16.0 Å². The van der Waals surface area contributed by atoms with E-state index in [0.29, 0.717) is 0 Å². The van der Waals surface area contributed by atoms with Gasteiger partial charge in [0.05, 0.1) is 4.90 Å². The molecule has 0 aliphatic carbocycles. The third-order valence-corrected chi connectivity index (χ3v) is 4.18. The van der Waals surface area contributed by atoms with E-state index in [1.807, 2.05) is 20.8 Å². The first kappa shape index (κ1) is 16.7. The minimum absolute atomic E-state index is 0.0812. The van der Waals surface area contributed by atoms with Crippen LogP contribution in [0, 0.1) is 12.3 Å². The van der Waals surface area contributed by atoms with Crippen LogP contribution >= 0.6 is 0 Å². The van der Waals surface area contributed by atoms with E-state index in [0.717, 1.165) is 5.56 Å².